The lowest BCUT2D eigenvalue weighted by atomic mass is 9.93. The highest BCUT2D eigenvalue weighted by Crippen LogP contribution is 2.31. The molecule has 31 heavy (non-hydrogen) atoms. The number of nitrogens with one attached hydrogen (secondary N) is 2. The van der Waals surface area contributed by atoms with E-state index in [9.17, 15) is 19.5 Å². The largest absolute Gasteiger partial charge is 0.480 e. The molecule has 0 unspecified atom stereocenters. The van der Waals surface area contributed by atoms with Gasteiger partial charge in [-0.25, -0.2) is 9.59 Å². The highest BCUT2D eigenvalue weighted by Gasteiger charge is 2.47. The maximum atomic E-state index is 13.4. The van der Waals surface area contributed by atoms with Crippen LogP contribution in [-0.2, 0) is 33.6 Å². The number of aliphatic carboxylic acids is 1. The highest BCUT2D eigenvalue weighted by molar-refractivity contribution is 5.94. The SMILES string of the molecule is CC(C)(C)OC(=O)NC1(C(=O)N[C@H](Cc2ccccc2)C(=O)O)Cc2ccccc2C1. The zero-order valence-electron chi connectivity index (χ0n) is 18.0. The molecule has 3 rings (SSSR count). The van der Waals surface area contributed by atoms with Crippen LogP contribution in [0.1, 0.15) is 37.5 Å². The van der Waals surface area contributed by atoms with E-state index < -0.39 is 35.2 Å². The Labute approximate surface area is 181 Å². The van der Waals surface area contributed by atoms with E-state index in [4.69, 9.17) is 4.74 Å². The minimum Gasteiger partial charge on any atom is -0.480 e. The molecule has 3 N–H and O–H groups in total. The molecule has 1 atom stereocenters. The van der Waals surface area contributed by atoms with Crippen LogP contribution in [-0.4, -0.2) is 40.3 Å². The first-order chi connectivity index (χ1) is 14.6. The topological polar surface area (TPSA) is 105 Å². The van der Waals surface area contributed by atoms with Crippen LogP contribution < -0.4 is 10.6 Å². The molecule has 0 saturated carbocycles. The molecule has 2 aromatic carbocycles. The summed E-state index contributed by atoms with van der Waals surface area (Å²) in [6.45, 7) is 5.22. The summed E-state index contributed by atoms with van der Waals surface area (Å²) in [5.41, 5.74) is 0.604. The van der Waals surface area contributed by atoms with Crippen LogP contribution >= 0.6 is 0 Å². The van der Waals surface area contributed by atoms with Gasteiger partial charge in [0.1, 0.15) is 17.2 Å². The standard InChI is InChI=1S/C24H28N2O5/c1-23(2,3)31-22(30)26-24(14-17-11-7-8-12-18(17)15-24)21(29)25-19(20(27)28)13-16-9-5-4-6-10-16/h4-12,19H,13-15H2,1-3H3,(H,25,29)(H,26,30)(H,27,28)/t19-/m1/s1. The number of carboxylic acids is 1. The highest BCUT2D eigenvalue weighted by atomic mass is 16.6. The summed E-state index contributed by atoms with van der Waals surface area (Å²) >= 11 is 0. The monoisotopic (exact) mass is 424 g/mol. The van der Waals surface area contributed by atoms with E-state index in [1.54, 1.807) is 20.8 Å². The van der Waals surface area contributed by atoms with Crippen molar-refractivity contribution >= 4 is 18.0 Å². The van der Waals surface area contributed by atoms with E-state index in [2.05, 4.69) is 10.6 Å². The van der Waals surface area contributed by atoms with Crippen LogP contribution in [0.2, 0.25) is 0 Å². The van der Waals surface area contributed by atoms with Gasteiger partial charge < -0.3 is 20.5 Å². The maximum absolute atomic E-state index is 13.4. The molecule has 7 heteroatoms. The average Bonchev–Trinajstić information content (AvgIpc) is 3.05. The number of ether oxygens (including phenoxy) is 1. The van der Waals surface area contributed by atoms with Gasteiger partial charge in [0.15, 0.2) is 0 Å². The zero-order chi connectivity index (χ0) is 22.6. The molecule has 0 fully saturated rings. The second kappa shape index (κ2) is 8.79. The van der Waals surface area contributed by atoms with E-state index in [0.29, 0.717) is 0 Å². The number of benzene rings is 2. The van der Waals surface area contributed by atoms with Crippen molar-refractivity contribution in [3.05, 3.63) is 71.3 Å². The van der Waals surface area contributed by atoms with E-state index in [-0.39, 0.29) is 19.3 Å². The van der Waals surface area contributed by atoms with Crippen molar-refractivity contribution in [2.45, 2.75) is 57.2 Å². The zero-order valence-corrected chi connectivity index (χ0v) is 18.0. The molecule has 7 nitrogen and oxygen atoms in total. The molecule has 0 aromatic heterocycles. The Morgan fingerprint density at radius 3 is 2.06 bits per heavy atom. The third-order valence-electron chi connectivity index (χ3n) is 5.16. The molecule has 0 spiro atoms. The fraction of sp³-hybridized carbons (Fsp3) is 0.375. The number of alkyl carbamates (subject to hydrolysis) is 1. The van der Waals surface area contributed by atoms with Gasteiger partial charge in [0.2, 0.25) is 5.91 Å². The van der Waals surface area contributed by atoms with Gasteiger partial charge in [0.25, 0.3) is 0 Å². The van der Waals surface area contributed by atoms with Crippen molar-refractivity contribution < 1.29 is 24.2 Å². The van der Waals surface area contributed by atoms with Gasteiger partial charge in [0.05, 0.1) is 0 Å². The second-order valence-electron chi connectivity index (χ2n) is 8.89. The van der Waals surface area contributed by atoms with Crippen LogP contribution in [0.3, 0.4) is 0 Å². The fourth-order valence-electron chi connectivity index (χ4n) is 3.77. The van der Waals surface area contributed by atoms with Gasteiger partial charge >= 0.3 is 12.1 Å². The van der Waals surface area contributed by atoms with Crippen molar-refractivity contribution in [1.29, 1.82) is 0 Å². The third-order valence-corrected chi connectivity index (χ3v) is 5.16. The number of carbonyl (C=O) groups is 3. The van der Waals surface area contributed by atoms with Crippen molar-refractivity contribution in [3.8, 4) is 0 Å². The first-order valence-corrected chi connectivity index (χ1v) is 10.2. The minimum atomic E-state index is -1.32. The summed E-state index contributed by atoms with van der Waals surface area (Å²) in [4.78, 5) is 37.8. The molecule has 1 aliphatic rings. The first-order valence-electron chi connectivity index (χ1n) is 10.2. The quantitative estimate of drug-likeness (QED) is 0.661. The van der Waals surface area contributed by atoms with Crippen LogP contribution in [0.5, 0.6) is 0 Å². The maximum Gasteiger partial charge on any atom is 0.408 e. The van der Waals surface area contributed by atoms with Gasteiger partial charge in [-0.05, 0) is 37.5 Å². The lowest BCUT2D eigenvalue weighted by Crippen LogP contribution is -2.62. The van der Waals surface area contributed by atoms with Gasteiger partial charge in [-0.3, -0.25) is 4.79 Å². The Morgan fingerprint density at radius 1 is 1.00 bits per heavy atom. The van der Waals surface area contributed by atoms with E-state index in [0.717, 1.165) is 16.7 Å². The Hall–Kier alpha value is -3.35. The molecule has 0 aliphatic heterocycles. The van der Waals surface area contributed by atoms with Crippen LogP contribution in [0.4, 0.5) is 4.79 Å². The Kier molecular flexibility index (Phi) is 6.34. The first kappa shape index (κ1) is 22.3. The van der Waals surface area contributed by atoms with Gasteiger partial charge in [-0.2, -0.15) is 0 Å². The molecule has 164 valence electrons. The number of fused-ring (bicyclic) bond motifs is 1. The number of hydrogen-bond acceptors (Lipinski definition) is 4. The summed E-state index contributed by atoms with van der Waals surface area (Å²) in [6, 6.07) is 15.5. The Morgan fingerprint density at radius 2 is 1.55 bits per heavy atom. The third kappa shape index (κ3) is 5.63. The van der Waals surface area contributed by atoms with Crippen molar-refractivity contribution in [3.63, 3.8) is 0 Å². The van der Waals surface area contributed by atoms with Gasteiger partial charge in [0, 0.05) is 19.3 Å². The smallest absolute Gasteiger partial charge is 0.408 e. The molecule has 1 aliphatic carbocycles. The molecule has 2 aromatic rings. The number of rotatable bonds is 6. The molecule has 0 saturated heterocycles. The van der Waals surface area contributed by atoms with Gasteiger partial charge in [-0.1, -0.05) is 54.6 Å². The molecule has 0 bridgehead atoms. The molecular formula is C24H28N2O5. The average molecular weight is 424 g/mol. The molecule has 0 heterocycles. The Balaban J connectivity index is 1.83. The predicted octanol–water partition coefficient (Wildman–Crippen LogP) is 2.86. The van der Waals surface area contributed by atoms with Crippen molar-refractivity contribution in [2.24, 2.45) is 0 Å². The summed E-state index contributed by atoms with van der Waals surface area (Å²) in [5.74, 6) is -1.68. The molecule has 0 radical (unpaired) electrons. The van der Waals surface area contributed by atoms with Crippen molar-refractivity contribution in [2.75, 3.05) is 0 Å². The predicted molar refractivity (Wildman–Crippen MR) is 116 cm³/mol. The van der Waals surface area contributed by atoms with Crippen LogP contribution in [0.15, 0.2) is 54.6 Å². The number of hydrogen-bond donors (Lipinski definition) is 3. The van der Waals surface area contributed by atoms with Gasteiger partial charge in [-0.15, -0.1) is 0 Å². The number of carboxylic acid groups (broad SMARTS) is 1. The summed E-state index contributed by atoms with van der Waals surface area (Å²) in [6.07, 6.45) is -0.0692. The molecular weight excluding hydrogens is 396 g/mol. The normalized spacial score (nSPS) is 15.5. The molecule has 2 amide bonds. The lowest BCUT2D eigenvalue weighted by Gasteiger charge is -2.31. The summed E-state index contributed by atoms with van der Waals surface area (Å²) < 4.78 is 5.38. The van der Waals surface area contributed by atoms with Crippen molar-refractivity contribution in [1.82, 2.24) is 10.6 Å². The fourth-order valence-corrected chi connectivity index (χ4v) is 3.77. The lowest BCUT2D eigenvalue weighted by molar-refractivity contribution is -0.142. The van der Waals surface area contributed by atoms with E-state index >= 15 is 0 Å². The summed E-state index contributed by atoms with van der Waals surface area (Å²) in [5, 5.41) is 15.1. The minimum absolute atomic E-state index is 0.136. The van der Waals surface area contributed by atoms with E-state index in [1.165, 1.54) is 0 Å². The van der Waals surface area contributed by atoms with Crippen LogP contribution in [0.25, 0.3) is 0 Å². The number of amides is 2. The van der Waals surface area contributed by atoms with E-state index in [1.807, 2.05) is 54.6 Å². The summed E-state index contributed by atoms with van der Waals surface area (Å²) in [7, 11) is 0. The Bertz CT molecular complexity index is 940. The second-order valence-corrected chi connectivity index (χ2v) is 8.89. The van der Waals surface area contributed by atoms with Crippen LogP contribution in [0, 0.1) is 0 Å². The number of carbonyl (C=O) groups excluding carboxylic acids is 2.